The topological polar surface area (TPSA) is 53.7 Å². The second-order valence-electron chi connectivity index (χ2n) is 6.05. The number of hydrogen-bond acceptors (Lipinski definition) is 3. The number of para-hydroxylation sites is 1. The highest BCUT2D eigenvalue weighted by Gasteiger charge is 2.32. The second kappa shape index (κ2) is 5.19. The fourth-order valence-corrected chi connectivity index (χ4v) is 3.10. The third-order valence-electron chi connectivity index (χ3n) is 4.55. The molecule has 0 radical (unpaired) electrons. The van der Waals surface area contributed by atoms with Crippen molar-refractivity contribution in [3.63, 3.8) is 0 Å². The average Bonchev–Trinajstić information content (AvgIpc) is 3.05. The van der Waals surface area contributed by atoms with Gasteiger partial charge in [0.15, 0.2) is 5.76 Å². The van der Waals surface area contributed by atoms with Gasteiger partial charge < -0.3 is 14.4 Å². The first kappa shape index (κ1) is 14.1. The van der Waals surface area contributed by atoms with E-state index in [1.165, 1.54) is 0 Å². The van der Waals surface area contributed by atoms with Gasteiger partial charge in [-0.3, -0.25) is 4.79 Å². The van der Waals surface area contributed by atoms with Crippen LogP contribution in [0.15, 0.2) is 22.6 Å². The molecule has 21 heavy (non-hydrogen) atoms. The van der Waals surface area contributed by atoms with E-state index in [2.05, 4.69) is 0 Å². The summed E-state index contributed by atoms with van der Waals surface area (Å²) in [5.41, 5.74) is 2.74. The maximum atomic E-state index is 12.7. The minimum absolute atomic E-state index is 0.0637. The predicted octanol–water partition coefficient (Wildman–Crippen LogP) is 2.89. The SMILES string of the molecule is Cc1c(C(=O)N2CCC(C(C)O)C2)oc2c(C)cccc12. The monoisotopic (exact) mass is 287 g/mol. The summed E-state index contributed by atoms with van der Waals surface area (Å²) in [4.78, 5) is 14.5. The number of aliphatic hydroxyl groups is 1. The van der Waals surface area contributed by atoms with Crippen LogP contribution in [0.3, 0.4) is 0 Å². The van der Waals surface area contributed by atoms with Gasteiger partial charge in [0, 0.05) is 30.0 Å². The molecule has 0 saturated carbocycles. The molecular weight excluding hydrogens is 266 g/mol. The third-order valence-corrected chi connectivity index (χ3v) is 4.55. The number of benzene rings is 1. The van der Waals surface area contributed by atoms with Crippen LogP contribution in [0.25, 0.3) is 11.0 Å². The van der Waals surface area contributed by atoms with Crippen molar-refractivity contribution in [2.75, 3.05) is 13.1 Å². The Labute approximate surface area is 124 Å². The van der Waals surface area contributed by atoms with E-state index < -0.39 is 0 Å². The van der Waals surface area contributed by atoms with E-state index in [0.29, 0.717) is 18.8 Å². The zero-order chi connectivity index (χ0) is 15.1. The highest BCUT2D eigenvalue weighted by atomic mass is 16.3. The lowest BCUT2D eigenvalue weighted by atomic mass is 10.0. The van der Waals surface area contributed by atoms with Crippen molar-refractivity contribution in [1.82, 2.24) is 4.90 Å². The molecule has 1 amide bonds. The van der Waals surface area contributed by atoms with E-state index in [9.17, 15) is 9.90 Å². The zero-order valence-corrected chi connectivity index (χ0v) is 12.7. The quantitative estimate of drug-likeness (QED) is 0.924. The molecule has 4 nitrogen and oxygen atoms in total. The summed E-state index contributed by atoms with van der Waals surface area (Å²) in [6.07, 6.45) is 0.476. The molecule has 112 valence electrons. The Balaban J connectivity index is 1.92. The number of hydrogen-bond donors (Lipinski definition) is 1. The normalized spacial score (nSPS) is 20.2. The summed E-state index contributed by atoms with van der Waals surface area (Å²) in [5, 5.41) is 10.7. The number of aryl methyl sites for hydroxylation is 2. The number of aliphatic hydroxyl groups excluding tert-OH is 1. The van der Waals surface area contributed by atoms with Gasteiger partial charge in [0.2, 0.25) is 0 Å². The number of furan rings is 1. The summed E-state index contributed by atoms with van der Waals surface area (Å²) >= 11 is 0. The van der Waals surface area contributed by atoms with Gasteiger partial charge in [-0.15, -0.1) is 0 Å². The summed E-state index contributed by atoms with van der Waals surface area (Å²) in [6, 6.07) is 5.95. The second-order valence-corrected chi connectivity index (χ2v) is 6.05. The fourth-order valence-electron chi connectivity index (χ4n) is 3.10. The van der Waals surface area contributed by atoms with Gasteiger partial charge in [-0.1, -0.05) is 18.2 Å². The molecule has 2 atom stereocenters. The number of carbonyl (C=O) groups excluding carboxylic acids is 1. The van der Waals surface area contributed by atoms with Gasteiger partial charge in [0.25, 0.3) is 5.91 Å². The van der Waals surface area contributed by atoms with Crippen molar-refractivity contribution in [1.29, 1.82) is 0 Å². The Morgan fingerprint density at radius 1 is 1.43 bits per heavy atom. The van der Waals surface area contributed by atoms with Gasteiger partial charge in [-0.25, -0.2) is 0 Å². The molecule has 1 aromatic carbocycles. The molecule has 1 aliphatic rings. The van der Waals surface area contributed by atoms with Crippen molar-refractivity contribution >= 4 is 16.9 Å². The summed E-state index contributed by atoms with van der Waals surface area (Å²) in [6.45, 7) is 6.99. The fraction of sp³-hybridized carbons (Fsp3) is 0.471. The Morgan fingerprint density at radius 3 is 2.81 bits per heavy atom. The van der Waals surface area contributed by atoms with E-state index in [1.807, 2.05) is 32.0 Å². The lowest BCUT2D eigenvalue weighted by Crippen LogP contribution is -2.30. The van der Waals surface area contributed by atoms with Gasteiger partial charge in [0.1, 0.15) is 5.58 Å². The highest BCUT2D eigenvalue weighted by molar-refractivity contribution is 5.99. The summed E-state index contributed by atoms with van der Waals surface area (Å²) in [7, 11) is 0. The van der Waals surface area contributed by atoms with Gasteiger partial charge >= 0.3 is 0 Å². The predicted molar refractivity (Wildman–Crippen MR) is 81.4 cm³/mol. The van der Waals surface area contributed by atoms with Crippen LogP contribution in [-0.4, -0.2) is 35.1 Å². The molecule has 1 aliphatic heterocycles. The number of amides is 1. The minimum Gasteiger partial charge on any atom is -0.450 e. The smallest absolute Gasteiger partial charge is 0.289 e. The van der Waals surface area contributed by atoms with Crippen molar-refractivity contribution in [3.05, 3.63) is 35.1 Å². The Kier molecular flexibility index (Phi) is 3.49. The van der Waals surface area contributed by atoms with Crippen molar-refractivity contribution < 1.29 is 14.3 Å². The van der Waals surface area contributed by atoms with Crippen molar-refractivity contribution in [2.24, 2.45) is 5.92 Å². The van der Waals surface area contributed by atoms with Crippen LogP contribution >= 0.6 is 0 Å². The first-order valence-corrected chi connectivity index (χ1v) is 7.45. The lowest BCUT2D eigenvalue weighted by Gasteiger charge is -2.16. The number of nitrogens with zero attached hydrogens (tertiary/aromatic N) is 1. The Bertz CT molecular complexity index is 687. The van der Waals surface area contributed by atoms with Crippen LogP contribution in [0.4, 0.5) is 0 Å². The van der Waals surface area contributed by atoms with Crippen molar-refractivity contribution in [2.45, 2.75) is 33.3 Å². The van der Waals surface area contributed by atoms with Crippen LogP contribution in [0.5, 0.6) is 0 Å². The molecular formula is C17H21NO3. The van der Waals surface area contributed by atoms with E-state index in [1.54, 1.807) is 11.8 Å². The number of rotatable bonds is 2. The zero-order valence-electron chi connectivity index (χ0n) is 12.7. The van der Waals surface area contributed by atoms with Gasteiger partial charge in [0.05, 0.1) is 6.10 Å². The van der Waals surface area contributed by atoms with E-state index in [4.69, 9.17) is 4.42 Å². The third kappa shape index (κ3) is 2.33. The number of carbonyl (C=O) groups is 1. The molecule has 1 fully saturated rings. The maximum absolute atomic E-state index is 12.7. The van der Waals surface area contributed by atoms with Crippen LogP contribution < -0.4 is 0 Å². The molecule has 0 bridgehead atoms. The highest BCUT2D eigenvalue weighted by Crippen LogP contribution is 2.30. The molecule has 0 aliphatic carbocycles. The Hall–Kier alpha value is -1.81. The van der Waals surface area contributed by atoms with Crippen LogP contribution in [0.1, 0.15) is 35.0 Å². The molecule has 2 heterocycles. The van der Waals surface area contributed by atoms with Crippen LogP contribution in [-0.2, 0) is 0 Å². The Morgan fingerprint density at radius 2 is 2.19 bits per heavy atom. The first-order valence-electron chi connectivity index (χ1n) is 7.45. The van der Waals surface area contributed by atoms with Crippen LogP contribution in [0.2, 0.25) is 0 Å². The summed E-state index contributed by atoms with van der Waals surface area (Å²) in [5.74, 6) is 0.539. The summed E-state index contributed by atoms with van der Waals surface area (Å²) < 4.78 is 5.85. The molecule has 1 aromatic heterocycles. The van der Waals surface area contributed by atoms with Gasteiger partial charge in [-0.2, -0.15) is 0 Å². The molecule has 2 aromatic rings. The molecule has 1 N–H and O–H groups in total. The number of likely N-dealkylation sites (tertiary alicyclic amines) is 1. The van der Waals surface area contributed by atoms with Gasteiger partial charge in [-0.05, 0) is 32.8 Å². The molecule has 4 heteroatoms. The van der Waals surface area contributed by atoms with E-state index >= 15 is 0 Å². The van der Waals surface area contributed by atoms with Crippen molar-refractivity contribution in [3.8, 4) is 0 Å². The average molecular weight is 287 g/mol. The largest absolute Gasteiger partial charge is 0.450 e. The standard InChI is InChI=1S/C17H21NO3/c1-10-5-4-6-14-11(2)16(21-15(10)14)17(20)18-8-7-13(9-18)12(3)19/h4-6,12-13,19H,7-9H2,1-3H3. The molecule has 2 unspecified atom stereocenters. The molecule has 3 rings (SSSR count). The maximum Gasteiger partial charge on any atom is 0.289 e. The first-order chi connectivity index (χ1) is 9.99. The van der Waals surface area contributed by atoms with E-state index in [0.717, 1.165) is 28.5 Å². The lowest BCUT2D eigenvalue weighted by molar-refractivity contribution is 0.0733. The van der Waals surface area contributed by atoms with Crippen LogP contribution in [0, 0.1) is 19.8 Å². The molecule has 0 spiro atoms. The van der Waals surface area contributed by atoms with E-state index in [-0.39, 0.29) is 17.9 Å². The molecule has 1 saturated heterocycles. The minimum atomic E-state index is -0.373. The number of fused-ring (bicyclic) bond motifs is 1.